The van der Waals surface area contributed by atoms with Crippen LogP contribution in [0.15, 0.2) is 61.1 Å². The molecule has 0 aliphatic rings. The van der Waals surface area contributed by atoms with E-state index in [1.54, 1.807) is 25.0 Å². The maximum absolute atomic E-state index is 12.6. The minimum absolute atomic E-state index is 0.190. The van der Waals surface area contributed by atoms with E-state index in [1.165, 1.54) is 10.9 Å². The highest BCUT2D eigenvalue weighted by Crippen LogP contribution is 2.21. The smallest absolute Gasteiger partial charge is 0.271 e. The molecule has 0 aliphatic carbocycles. The number of carbonyl (C=O) groups is 2. The molecule has 0 atom stereocenters. The molecule has 2 amide bonds. The van der Waals surface area contributed by atoms with Crippen LogP contribution in [-0.4, -0.2) is 38.0 Å². The Morgan fingerprint density at radius 2 is 1.84 bits per heavy atom. The molecule has 9 nitrogen and oxygen atoms in total. The molecule has 4 aromatic rings. The number of aromatic nitrogens is 4. The van der Waals surface area contributed by atoms with Crippen LogP contribution < -0.4 is 15.4 Å². The van der Waals surface area contributed by atoms with Crippen molar-refractivity contribution < 1.29 is 14.3 Å². The number of benzene rings is 2. The van der Waals surface area contributed by atoms with Crippen molar-refractivity contribution >= 4 is 28.3 Å². The Labute approximate surface area is 178 Å². The van der Waals surface area contributed by atoms with Crippen molar-refractivity contribution in [2.75, 3.05) is 11.9 Å². The number of ether oxygens (including phenoxy) is 1. The largest absolute Gasteiger partial charge is 0.484 e. The first-order valence-electron chi connectivity index (χ1n) is 9.69. The van der Waals surface area contributed by atoms with Crippen LogP contribution in [0, 0.1) is 0 Å². The van der Waals surface area contributed by atoms with Crippen LogP contribution in [0.5, 0.6) is 5.75 Å². The summed E-state index contributed by atoms with van der Waals surface area (Å²) in [5.74, 6) is -0.147. The van der Waals surface area contributed by atoms with Gasteiger partial charge >= 0.3 is 0 Å². The summed E-state index contributed by atoms with van der Waals surface area (Å²) in [6.07, 6.45) is 4.93. The SMILES string of the molecule is Cn1cc(CNC(=O)c2c(NC(=O)COc3ccc4ccccc4c3)cnn2C)cn1. The molecule has 0 spiro atoms. The zero-order valence-electron chi connectivity index (χ0n) is 17.2. The number of fused-ring (bicyclic) bond motifs is 1. The van der Waals surface area contributed by atoms with Crippen LogP contribution in [0.1, 0.15) is 16.1 Å². The quantitative estimate of drug-likeness (QED) is 0.479. The molecule has 2 N–H and O–H groups in total. The normalized spacial score (nSPS) is 10.8. The summed E-state index contributed by atoms with van der Waals surface area (Å²) in [6, 6.07) is 13.5. The Hall–Kier alpha value is -4.14. The molecular formula is C22H22N6O3. The number of nitrogens with zero attached hydrogens (tertiary/aromatic N) is 4. The van der Waals surface area contributed by atoms with Gasteiger partial charge in [-0.05, 0) is 22.9 Å². The van der Waals surface area contributed by atoms with Crippen LogP contribution in [0.4, 0.5) is 5.69 Å². The predicted octanol–water partition coefficient (Wildman–Crippen LogP) is 2.25. The summed E-state index contributed by atoms with van der Waals surface area (Å²) in [7, 11) is 3.44. The molecular weight excluding hydrogens is 396 g/mol. The van der Waals surface area contributed by atoms with E-state index < -0.39 is 0 Å². The lowest BCUT2D eigenvalue weighted by molar-refractivity contribution is -0.118. The van der Waals surface area contributed by atoms with E-state index in [0.717, 1.165) is 16.3 Å². The second-order valence-electron chi connectivity index (χ2n) is 7.08. The van der Waals surface area contributed by atoms with E-state index in [1.807, 2.05) is 48.7 Å². The minimum atomic E-state index is -0.387. The Morgan fingerprint density at radius 3 is 2.61 bits per heavy atom. The first-order valence-corrected chi connectivity index (χ1v) is 9.69. The van der Waals surface area contributed by atoms with E-state index in [2.05, 4.69) is 20.8 Å². The van der Waals surface area contributed by atoms with E-state index >= 15 is 0 Å². The maximum atomic E-state index is 12.6. The van der Waals surface area contributed by atoms with E-state index in [0.29, 0.717) is 18.0 Å². The third-order valence-corrected chi connectivity index (χ3v) is 4.73. The third kappa shape index (κ3) is 4.72. The van der Waals surface area contributed by atoms with Gasteiger partial charge in [-0.15, -0.1) is 0 Å². The van der Waals surface area contributed by atoms with Gasteiger partial charge in [0.15, 0.2) is 6.61 Å². The number of hydrogen-bond acceptors (Lipinski definition) is 5. The molecule has 0 unspecified atom stereocenters. The van der Waals surface area contributed by atoms with Crippen molar-refractivity contribution in [1.29, 1.82) is 0 Å². The van der Waals surface area contributed by atoms with Gasteiger partial charge in [-0.25, -0.2) is 0 Å². The predicted molar refractivity (Wildman–Crippen MR) is 116 cm³/mol. The maximum Gasteiger partial charge on any atom is 0.271 e. The molecule has 2 aromatic carbocycles. The lowest BCUT2D eigenvalue weighted by Gasteiger charge is -2.10. The molecule has 0 saturated heterocycles. The van der Waals surface area contributed by atoms with Gasteiger partial charge in [-0.1, -0.05) is 30.3 Å². The fourth-order valence-electron chi connectivity index (χ4n) is 3.22. The Kier molecular flexibility index (Phi) is 5.65. The van der Waals surface area contributed by atoms with Gasteiger partial charge < -0.3 is 15.4 Å². The van der Waals surface area contributed by atoms with Crippen molar-refractivity contribution in [2.45, 2.75) is 6.54 Å². The number of aryl methyl sites for hydroxylation is 2. The van der Waals surface area contributed by atoms with Crippen molar-refractivity contribution in [3.05, 3.63) is 72.3 Å². The summed E-state index contributed by atoms with van der Waals surface area (Å²) >= 11 is 0. The average Bonchev–Trinajstić information content (AvgIpc) is 3.35. The molecule has 9 heteroatoms. The fraction of sp³-hybridized carbons (Fsp3) is 0.182. The molecule has 2 heterocycles. The summed E-state index contributed by atoms with van der Waals surface area (Å²) in [5.41, 5.74) is 1.44. The van der Waals surface area contributed by atoms with Crippen molar-refractivity contribution in [3.8, 4) is 5.75 Å². The number of amides is 2. The summed E-state index contributed by atoms with van der Waals surface area (Å²) in [4.78, 5) is 25.0. The van der Waals surface area contributed by atoms with Gasteiger partial charge in [-0.3, -0.25) is 19.0 Å². The van der Waals surface area contributed by atoms with Gasteiger partial charge in [0.2, 0.25) is 0 Å². The molecule has 31 heavy (non-hydrogen) atoms. The number of hydrogen-bond donors (Lipinski definition) is 2. The summed E-state index contributed by atoms with van der Waals surface area (Å²) < 4.78 is 8.69. The molecule has 0 fully saturated rings. The van der Waals surface area contributed by atoms with Crippen LogP contribution in [-0.2, 0) is 25.4 Å². The van der Waals surface area contributed by atoms with E-state index in [-0.39, 0.29) is 24.1 Å². The topological polar surface area (TPSA) is 103 Å². The van der Waals surface area contributed by atoms with Gasteiger partial charge in [0.05, 0.1) is 18.1 Å². The first-order chi connectivity index (χ1) is 15.0. The minimum Gasteiger partial charge on any atom is -0.484 e. The highest BCUT2D eigenvalue weighted by Gasteiger charge is 2.19. The van der Waals surface area contributed by atoms with Crippen LogP contribution in [0.2, 0.25) is 0 Å². The van der Waals surface area contributed by atoms with Gasteiger partial charge in [0.25, 0.3) is 11.8 Å². The molecule has 0 aliphatic heterocycles. The van der Waals surface area contributed by atoms with Crippen molar-refractivity contribution in [1.82, 2.24) is 24.9 Å². The van der Waals surface area contributed by atoms with Crippen LogP contribution in [0.3, 0.4) is 0 Å². The summed E-state index contributed by atoms with van der Waals surface area (Å²) in [6.45, 7) is 0.125. The van der Waals surface area contributed by atoms with Gasteiger partial charge in [0, 0.05) is 32.4 Å². The molecule has 158 valence electrons. The zero-order chi connectivity index (χ0) is 21.8. The highest BCUT2D eigenvalue weighted by atomic mass is 16.5. The number of anilines is 1. The lowest BCUT2D eigenvalue weighted by Crippen LogP contribution is -2.27. The summed E-state index contributed by atoms with van der Waals surface area (Å²) in [5, 5.41) is 15.8. The standard InChI is InChI=1S/C22H22N6O3/c1-27-13-15(11-24-27)10-23-22(30)21-19(12-25-28(21)2)26-20(29)14-31-18-8-7-16-5-3-4-6-17(16)9-18/h3-9,11-13H,10,14H2,1-2H3,(H,23,30)(H,26,29). The van der Waals surface area contributed by atoms with Crippen LogP contribution in [0.25, 0.3) is 10.8 Å². The molecule has 0 bridgehead atoms. The van der Waals surface area contributed by atoms with E-state index in [9.17, 15) is 9.59 Å². The Bertz CT molecular complexity index is 1240. The second kappa shape index (κ2) is 8.70. The van der Waals surface area contributed by atoms with Crippen molar-refractivity contribution in [3.63, 3.8) is 0 Å². The first kappa shape index (κ1) is 20.1. The number of nitrogens with one attached hydrogen (secondary N) is 2. The molecule has 0 radical (unpaired) electrons. The molecule has 0 saturated carbocycles. The highest BCUT2D eigenvalue weighted by molar-refractivity contribution is 6.02. The zero-order valence-corrected chi connectivity index (χ0v) is 17.2. The fourth-order valence-corrected chi connectivity index (χ4v) is 3.22. The Balaban J connectivity index is 1.37. The second-order valence-corrected chi connectivity index (χ2v) is 7.08. The number of rotatable bonds is 7. The molecule has 4 rings (SSSR count). The lowest BCUT2D eigenvalue weighted by atomic mass is 10.1. The van der Waals surface area contributed by atoms with Crippen LogP contribution >= 0.6 is 0 Å². The Morgan fingerprint density at radius 1 is 1.03 bits per heavy atom. The van der Waals surface area contributed by atoms with Gasteiger partial charge in [0.1, 0.15) is 11.4 Å². The van der Waals surface area contributed by atoms with Crippen molar-refractivity contribution in [2.24, 2.45) is 14.1 Å². The average molecular weight is 418 g/mol. The van der Waals surface area contributed by atoms with Gasteiger partial charge in [-0.2, -0.15) is 10.2 Å². The molecule has 2 aromatic heterocycles. The van der Waals surface area contributed by atoms with E-state index in [4.69, 9.17) is 4.74 Å². The monoisotopic (exact) mass is 418 g/mol. The number of carbonyl (C=O) groups excluding carboxylic acids is 2. The third-order valence-electron chi connectivity index (χ3n) is 4.73.